The first-order valence-corrected chi connectivity index (χ1v) is 6.01. The third-order valence-electron chi connectivity index (χ3n) is 2.86. The van der Waals surface area contributed by atoms with Gasteiger partial charge >= 0.3 is 0 Å². The first kappa shape index (κ1) is 12.6. The summed E-state index contributed by atoms with van der Waals surface area (Å²) in [6, 6.07) is 13.5. The summed E-state index contributed by atoms with van der Waals surface area (Å²) >= 11 is 0. The van der Waals surface area contributed by atoms with Gasteiger partial charge in [0, 0.05) is 11.9 Å². The van der Waals surface area contributed by atoms with E-state index in [1.54, 1.807) is 6.20 Å². The predicted molar refractivity (Wildman–Crippen MR) is 70.7 cm³/mol. The minimum Gasteiger partial charge on any atom is -0.493 e. The number of rotatable bonds is 5. The molecule has 0 saturated heterocycles. The zero-order valence-electron chi connectivity index (χ0n) is 10.4. The Bertz CT molecular complexity index is 485. The highest BCUT2D eigenvalue weighted by molar-refractivity contribution is 5.31. The van der Waals surface area contributed by atoms with Crippen LogP contribution in [0.1, 0.15) is 17.2 Å². The van der Waals surface area contributed by atoms with Crippen molar-refractivity contribution in [1.29, 1.82) is 0 Å². The smallest absolute Gasteiger partial charge is 0.122 e. The van der Waals surface area contributed by atoms with Crippen LogP contribution < -0.4 is 4.74 Å². The van der Waals surface area contributed by atoms with Gasteiger partial charge in [-0.3, -0.25) is 4.98 Å². The number of aliphatic hydroxyl groups is 1. The molecule has 0 aliphatic carbocycles. The Morgan fingerprint density at radius 3 is 2.61 bits per heavy atom. The SMILES string of the molecule is Cc1ccccc1OCC(CO)c1ccccn1. The number of hydrogen-bond donors (Lipinski definition) is 1. The molecule has 1 atom stereocenters. The summed E-state index contributed by atoms with van der Waals surface area (Å²) in [5.74, 6) is 0.762. The van der Waals surface area contributed by atoms with Gasteiger partial charge in [0.25, 0.3) is 0 Å². The Labute approximate surface area is 107 Å². The first-order valence-electron chi connectivity index (χ1n) is 6.01. The monoisotopic (exact) mass is 243 g/mol. The third-order valence-corrected chi connectivity index (χ3v) is 2.86. The molecule has 2 aromatic rings. The minimum atomic E-state index is -0.0918. The highest BCUT2D eigenvalue weighted by Gasteiger charge is 2.12. The summed E-state index contributed by atoms with van der Waals surface area (Å²) in [5.41, 5.74) is 1.95. The van der Waals surface area contributed by atoms with E-state index in [9.17, 15) is 5.11 Å². The van der Waals surface area contributed by atoms with Crippen LogP contribution in [-0.4, -0.2) is 23.3 Å². The van der Waals surface area contributed by atoms with Crippen molar-refractivity contribution < 1.29 is 9.84 Å². The molecule has 2 rings (SSSR count). The van der Waals surface area contributed by atoms with Crippen molar-refractivity contribution in [1.82, 2.24) is 4.98 Å². The molecule has 1 aromatic carbocycles. The lowest BCUT2D eigenvalue weighted by Gasteiger charge is -2.15. The molecular formula is C15H17NO2. The van der Waals surface area contributed by atoms with Gasteiger partial charge in [0.05, 0.1) is 19.1 Å². The van der Waals surface area contributed by atoms with Gasteiger partial charge in [-0.1, -0.05) is 24.3 Å². The number of ether oxygens (including phenoxy) is 1. The molecule has 3 heteroatoms. The minimum absolute atomic E-state index is 0.0306. The summed E-state index contributed by atoms with van der Waals surface area (Å²) < 4.78 is 5.74. The lowest BCUT2D eigenvalue weighted by molar-refractivity contribution is 0.202. The Balaban J connectivity index is 2.02. The molecule has 1 unspecified atom stereocenters. The van der Waals surface area contributed by atoms with E-state index in [-0.39, 0.29) is 12.5 Å². The second kappa shape index (κ2) is 6.17. The summed E-state index contributed by atoms with van der Waals surface area (Å²) in [6.45, 7) is 2.46. The number of pyridine rings is 1. The lowest BCUT2D eigenvalue weighted by Crippen LogP contribution is -2.15. The van der Waals surface area contributed by atoms with Gasteiger partial charge in [-0.25, -0.2) is 0 Å². The molecule has 0 saturated carbocycles. The van der Waals surface area contributed by atoms with Gasteiger partial charge in [0.2, 0.25) is 0 Å². The Hall–Kier alpha value is -1.87. The van der Waals surface area contributed by atoms with E-state index in [1.165, 1.54) is 0 Å². The van der Waals surface area contributed by atoms with Crippen molar-refractivity contribution in [3.63, 3.8) is 0 Å². The van der Waals surface area contributed by atoms with Crippen molar-refractivity contribution in [2.24, 2.45) is 0 Å². The zero-order chi connectivity index (χ0) is 12.8. The largest absolute Gasteiger partial charge is 0.493 e. The van der Waals surface area contributed by atoms with E-state index in [0.717, 1.165) is 17.0 Å². The normalized spacial score (nSPS) is 12.1. The van der Waals surface area contributed by atoms with E-state index in [2.05, 4.69) is 4.98 Å². The molecule has 0 aliphatic heterocycles. The average molecular weight is 243 g/mol. The molecule has 94 valence electrons. The van der Waals surface area contributed by atoms with Gasteiger partial charge in [-0.2, -0.15) is 0 Å². The predicted octanol–water partition coefficient (Wildman–Crippen LogP) is 2.54. The van der Waals surface area contributed by atoms with Gasteiger partial charge in [-0.05, 0) is 30.7 Å². The van der Waals surface area contributed by atoms with Crippen LogP contribution in [0.5, 0.6) is 5.75 Å². The van der Waals surface area contributed by atoms with Gasteiger partial charge in [0.1, 0.15) is 5.75 Å². The van der Waals surface area contributed by atoms with Crippen LogP contribution in [0.4, 0.5) is 0 Å². The van der Waals surface area contributed by atoms with Crippen LogP contribution in [0.3, 0.4) is 0 Å². The van der Waals surface area contributed by atoms with Crippen molar-refractivity contribution in [2.45, 2.75) is 12.8 Å². The molecule has 0 radical (unpaired) electrons. The number of hydrogen-bond acceptors (Lipinski definition) is 3. The van der Waals surface area contributed by atoms with E-state index >= 15 is 0 Å². The fourth-order valence-corrected chi connectivity index (χ4v) is 1.76. The number of aliphatic hydroxyl groups excluding tert-OH is 1. The molecular weight excluding hydrogens is 226 g/mol. The summed E-state index contributed by atoms with van der Waals surface area (Å²) in [4.78, 5) is 4.24. The van der Waals surface area contributed by atoms with E-state index < -0.39 is 0 Å². The lowest BCUT2D eigenvalue weighted by atomic mass is 10.1. The molecule has 3 nitrogen and oxygen atoms in total. The highest BCUT2D eigenvalue weighted by atomic mass is 16.5. The Kier molecular flexibility index (Phi) is 4.31. The Morgan fingerprint density at radius 2 is 1.94 bits per heavy atom. The van der Waals surface area contributed by atoms with Crippen molar-refractivity contribution >= 4 is 0 Å². The maximum Gasteiger partial charge on any atom is 0.122 e. The summed E-state index contributed by atoms with van der Waals surface area (Å²) in [6.07, 6.45) is 1.73. The molecule has 1 heterocycles. The second-order valence-corrected chi connectivity index (χ2v) is 4.21. The first-order chi connectivity index (χ1) is 8.81. The van der Waals surface area contributed by atoms with Crippen LogP contribution in [0.2, 0.25) is 0 Å². The van der Waals surface area contributed by atoms with Gasteiger partial charge in [0.15, 0.2) is 0 Å². The number of benzene rings is 1. The molecule has 1 aromatic heterocycles. The van der Waals surface area contributed by atoms with Crippen LogP contribution >= 0.6 is 0 Å². The maximum absolute atomic E-state index is 9.41. The van der Waals surface area contributed by atoms with Crippen LogP contribution in [0, 0.1) is 6.92 Å². The average Bonchev–Trinajstić information content (AvgIpc) is 2.42. The fraction of sp³-hybridized carbons (Fsp3) is 0.267. The molecule has 1 N–H and O–H groups in total. The summed E-state index contributed by atoms with van der Waals surface area (Å²) in [7, 11) is 0. The molecule has 18 heavy (non-hydrogen) atoms. The number of aromatic nitrogens is 1. The fourth-order valence-electron chi connectivity index (χ4n) is 1.76. The van der Waals surface area contributed by atoms with Crippen molar-refractivity contribution in [2.75, 3.05) is 13.2 Å². The number of para-hydroxylation sites is 1. The number of nitrogens with zero attached hydrogens (tertiary/aromatic N) is 1. The molecule has 0 amide bonds. The van der Waals surface area contributed by atoms with Crippen molar-refractivity contribution in [3.8, 4) is 5.75 Å². The molecule has 0 bridgehead atoms. The quantitative estimate of drug-likeness (QED) is 0.877. The molecule has 0 aliphatic rings. The topological polar surface area (TPSA) is 42.4 Å². The third kappa shape index (κ3) is 3.08. The van der Waals surface area contributed by atoms with Crippen LogP contribution in [0.25, 0.3) is 0 Å². The van der Waals surface area contributed by atoms with E-state index in [0.29, 0.717) is 6.61 Å². The number of aryl methyl sites for hydroxylation is 1. The van der Waals surface area contributed by atoms with Crippen LogP contribution in [0.15, 0.2) is 48.7 Å². The summed E-state index contributed by atoms with van der Waals surface area (Å²) in [5, 5.41) is 9.41. The molecule has 0 fully saturated rings. The second-order valence-electron chi connectivity index (χ2n) is 4.21. The Morgan fingerprint density at radius 1 is 1.17 bits per heavy atom. The zero-order valence-corrected chi connectivity index (χ0v) is 10.4. The van der Waals surface area contributed by atoms with Crippen molar-refractivity contribution in [3.05, 3.63) is 59.9 Å². The van der Waals surface area contributed by atoms with E-state index in [4.69, 9.17) is 4.74 Å². The van der Waals surface area contributed by atoms with Gasteiger partial charge < -0.3 is 9.84 Å². The standard InChI is InChI=1S/C15H17NO2/c1-12-6-2-3-8-15(12)18-11-13(10-17)14-7-4-5-9-16-14/h2-9,13,17H,10-11H2,1H3. The van der Waals surface area contributed by atoms with Gasteiger partial charge in [-0.15, -0.1) is 0 Å². The highest BCUT2D eigenvalue weighted by Crippen LogP contribution is 2.19. The van der Waals surface area contributed by atoms with Crippen LogP contribution in [-0.2, 0) is 0 Å². The van der Waals surface area contributed by atoms with E-state index in [1.807, 2.05) is 49.4 Å². The molecule has 0 spiro atoms. The maximum atomic E-state index is 9.41.